The summed E-state index contributed by atoms with van der Waals surface area (Å²) in [6.45, 7) is 20.2. The molecule has 0 aliphatic heterocycles. The van der Waals surface area contributed by atoms with E-state index in [9.17, 15) is 0 Å². The lowest BCUT2D eigenvalue weighted by Gasteiger charge is -2.06. The number of pyridine rings is 1. The van der Waals surface area contributed by atoms with Crippen molar-refractivity contribution >= 4 is 5.57 Å². The summed E-state index contributed by atoms with van der Waals surface area (Å²) in [6, 6.07) is 5.80. The van der Waals surface area contributed by atoms with Crippen molar-refractivity contribution in [2.45, 2.75) is 53.4 Å². The van der Waals surface area contributed by atoms with Crippen molar-refractivity contribution < 1.29 is 0 Å². The minimum Gasteiger partial charge on any atom is -0.256 e. The molecule has 25 heavy (non-hydrogen) atoms. The fraction of sp³-hybridized carbons (Fsp3) is 0.375. The fourth-order valence-electron chi connectivity index (χ4n) is 2.26. The molecule has 1 nitrogen and oxygen atoms in total. The van der Waals surface area contributed by atoms with Crippen LogP contribution in [-0.2, 0) is 0 Å². The summed E-state index contributed by atoms with van der Waals surface area (Å²) in [6.07, 6.45) is 15.1. The molecule has 0 N–H and O–H groups in total. The predicted molar refractivity (Wildman–Crippen MR) is 114 cm³/mol. The third-order valence-electron chi connectivity index (χ3n) is 3.95. The first-order valence-electron chi connectivity index (χ1n) is 9.23. The minimum absolute atomic E-state index is 0.768. The molecule has 1 rings (SSSR count). The van der Waals surface area contributed by atoms with Crippen LogP contribution in [0.3, 0.4) is 0 Å². The van der Waals surface area contributed by atoms with Gasteiger partial charge in [-0.1, -0.05) is 69.7 Å². The molecule has 0 bridgehead atoms. The van der Waals surface area contributed by atoms with E-state index in [1.165, 1.54) is 25.7 Å². The predicted octanol–water partition coefficient (Wildman–Crippen LogP) is 7.56. The van der Waals surface area contributed by atoms with Crippen molar-refractivity contribution in [3.63, 3.8) is 0 Å². The van der Waals surface area contributed by atoms with Gasteiger partial charge in [-0.25, -0.2) is 0 Å². The molecule has 0 aromatic carbocycles. The molecule has 0 spiro atoms. The summed E-state index contributed by atoms with van der Waals surface area (Å²) in [7, 11) is 0. The second-order valence-corrected chi connectivity index (χ2v) is 6.17. The van der Waals surface area contributed by atoms with Gasteiger partial charge in [-0.15, -0.1) is 6.58 Å². The Morgan fingerprint density at radius 2 is 1.96 bits per heavy atom. The van der Waals surface area contributed by atoms with Gasteiger partial charge in [0, 0.05) is 6.20 Å². The van der Waals surface area contributed by atoms with E-state index < -0.39 is 0 Å². The zero-order valence-corrected chi connectivity index (χ0v) is 16.6. The highest BCUT2D eigenvalue weighted by Crippen LogP contribution is 2.17. The zero-order chi connectivity index (χ0) is 19.1. The average Bonchev–Trinajstić information content (AvgIpc) is 2.63. The van der Waals surface area contributed by atoms with Crippen LogP contribution in [0.4, 0.5) is 0 Å². The second-order valence-electron chi connectivity index (χ2n) is 6.17. The van der Waals surface area contributed by atoms with Crippen molar-refractivity contribution in [2.75, 3.05) is 0 Å². The molecular formula is C24H35N. The quantitative estimate of drug-likeness (QED) is 0.334. The Balaban J connectivity index is 0.000000547. The summed E-state index contributed by atoms with van der Waals surface area (Å²) < 4.78 is 0. The molecule has 136 valence electrons. The molecule has 0 aliphatic carbocycles. The van der Waals surface area contributed by atoms with Crippen molar-refractivity contribution in [2.24, 2.45) is 5.92 Å². The van der Waals surface area contributed by atoms with E-state index in [1.54, 1.807) is 6.20 Å². The molecule has 0 saturated heterocycles. The van der Waals surface area contributed by atoms with E-state index >= 15 is 0 Å². The van der Waals surface area contributed by atoms with Crippen LogP contribution in [0, 0.1) is 5.92 Å². The minimum atomic E-state index is 0.768. The monoisotopic (exact) mass is 337 g/mol. The number of aromatic nitrogens is 1. The lowest BCUT2D eigenvalue weighted by Crippen LogP contribution is -1.92. The van der Waals surface area contributed by atoms with E-state index in [2.05, 4.69) is 44.6 Å². The van der Waals surface area contributed by atoms with Crippen LogP contribution in [0.15, 0.2) is 79.6 Å². The molecule has 1 heterocycles. The molecule has 0 aliphatic rings. The van der Waals surface area contributed by atoms with E-state index in [0.29, 0.717) is 0 Å². The Morgan fingerprint density at radius 1 is 1.24 bits per heavy atom. The second kappa shape index (κ2) is 14.2. The molecule has 1 aromatic rings. The average molecular weight is 338 g/mol. The molecule has 1 heteroatoms. The molecule has 0 radical (unpaired) electrons. The van der Waals surface area contributed by atoms with Gasteiger partial charge in [-0.3, -0.25) is 4.98 Å². The van der Waals surface area contributed by atoms with Crippen molar-refractivity contribution in [3.8, 4) is 0 Å². The first-order valence-corrected chi connectivity index (χ1v) is 9.23. The Hall–Kier alpha value is -2.15. The normalized spacial score (nSPS) is 12.2. The molecule has 0 fully saturated rings. The number of rotatable bonds is 9. The maximum atomic E-state index is 4.25. The van der Waals surface area contributed by atoms with Crippen molar-refractivity contribution in [3.05, 3.63) is 85.3 Å². The van der Waals surface area contributed by atoms with Gasteiger partial charge in [0.25, 0.3) is 0 Å². The maximum Gasteiger partial charge on any atom is 0.0696 e. The first kappa shape index (κ1) is 22.9. The van der Waals surface area contributed by atoms with Crippen LogP contribution in [0.5, 0.6) is 0 Å². The highest BCUT2D eigenvalue weighted by molar-refractivity contribution is 5.72. The molecular weight excluding hydrogens is 302 g/mol. The maximum absolute atomic E-state index is 4.25. The fourth-order valence-corrected chi connectivity index (χ4v) is 2.26. The van der Waals surface area contributed by atoms with E-state index in [4.69, 9.17) is 0 Å². The van der Waals surface area contributed by atoms with Crippen molar-refractivity contribution in [1.82, 2.24) is 4.98 Å². The van der Waals surface area contributed by atoms with Crippen LogP contribution in [0.1, 0.15) is 59.1 Å². The Morgan fingerprint density at radius 3 is 2.40 bits per heavy atom. The highest BCUT2D eigenvalue weighted by atomic mass is 14.7. The van der Waals surface area contributed by atoms with Gasteiger partial charge >= 0.3 is 0 Å². The topological polar surface area (TPSA) is 12.9 Å². The summed E-state index contributed by atoms with van der Waals surface area (Å²) in [5, 5.41) is 0. The van der Waals surface area contributed by atoms with Gasteiger partial charge in [0.2, 0.25) is 0 Å². The number of unbranched alkanes of at least 4 members (excludes halogenated alkanes) is 1. The number of nitrogens with zero attached hydrogens (tertiary/aromatic N) is 1. The molecule has 0 saturated carbocycles. The lowest BCUT2D eigenvalue weighted by molar-refractivity contribution is 0.541. The standard InChI is InChI=1S/C15H17N.C9H18/c1-5-8-14(12(2)3)11-13(4)15-9-6-7-10-16-15;1-4-7-8-9(5-2)6-3/h5-11H,2,4H2,1,3H3;5,9H,2,4,6-8H2,1,3H3/b8-5-,14-11+;. The third-order valence-corrected chi connectivity index (χ3v) is 3.95. The van der Waals surface area contributed by atoms with Crippen LogP contribution in [-0.4, -0.2) is 4.98 Å². The van der Waals surface area contributed by atoms with Crippen LogP contribution in [0.25, 0.3) is 5.57 Å². The number of hydrogen-bond acceptors (Lipinski definition) is 1. The van der Waals surface area contributed by atoms with Gasteiger partial charge in [0.05, 0.1) is 5.69 Å². The Kier molecular flexibility index (Phi) is 13.0. The third kappa shape index (κ3) is 10.3. The SMILES string of the molecule is C=C(C)C(/C=C\C)=C/C(=C)c1ccccn1.C=CC(CC)CCCC. The zero-order valence-electron chi connectivity index (χ0n) is 16.6. The van der Waals surface area contributed by atoms with E-state index in [0.717, 1.165) is 28.3 Å². The van der Waals surface area contributed by atoms with Gasteiger partial charge in [-0.2, -0.15) is 0 Å². The molecule has 1 unspecified atom stereocenters. The van der Waals surface area contributed by atoms with Gasteiger partial charge in [-0.05, 0) is 62.0 Å². The molecule has 1 aromatic heterocycles. The Bertz CT molecular complexity index is 575. The van der Waals surface area contributed by atoms with Gasteiger partial charge in [0.1, 0.15) is 0 Å². The first-order chi connectivity index (χ1) is 12.0. The van der Waals surface area contributed by atoms with E-state index in [1.807, 2.05) is 50.3 Å². The number of hydrogen-bond donors (Lipinski definition) is 0. The largest absolute Gasteiger partial charge is 0.256 e. The summed E-state index contributed by atoms with van der Waals surface area (Å²) in [5.41, 5.74) is 3.90. The van der Waals surface area contributed by atoms with Crippen LogP contribution >= 0.6 is 0 Å². The van der Waals surface area contributed by atoms with E-state index in [-0.39, 0.29) is 0 Å². The van der Waals surface area contributed by atoms with Crippen LogP contribution in [0.2, 0.25) is 0 Å². The summed E-state index contributed by atoms with van der Waals surface area (Å²) >= 11 is 0. The molecule has 0 amide bonds. The van der Waals surface area contributed by atoms with Gasteiger partial charge in [0.15, 0.2) is 0 Å². The Labute approximate surface area is 155 Å². The summed E-state index contributed by atoms with van der Waals surface area (Å²) in [4.78, 5) is 4.25. The summed E-state index contributed by atoms with van der Waals surface area (Å²) in [5.74, 6) is 0.768. The lowest BCUT2D eigenvalue weighted by atomic mass is 10.00. The highest BCUT2D eigenvalue weighted by Gasteiger charge is 1.99. The number of allylic oxidation sites excluding steroid dienone is 7. The molecule has 1 atom stereocenters. The van der Waals surface area contributed by atoms with Crippen molar-refractivity contribution in [1.29, 1.82) is 0 Å². The smallest absolute Gasteiger partial charge is 0.0696 e. The van der Waals surface area contributed by atoms with Crippen LogP contribution < -0.4 is 0 Å². The van der Waals surface area contributed by atoms with Gasteiger partial charge < -0.3 is 0 Å².